The predicted molar refractivity (Wildman–Crippen MR) is 166 cm³/mol. The van der Waals surface area contributed by atoms with Gasteiger partial charge in [0.15, 0.2) is 24.2 Å². The topological polar surface area (TPSA) is 126 Å². The van der Waals surface area contributed by atoms with Crippen molar-refractivity contribution >= 4 is 61.1 Å². The Morgan fingerprint density at radius 1 is 0.953 bits per heavy atom. The van der Waals surface area contributed by atoms with Gasteiger partial charge in [0.1, 0.15) is 17.9 Å². The lowest BCUT2D eigenvalue weighted by molar-refractivity contribution is -0.777. The fourth-order valence-electron chi connectivity index (χ4n) is 4.46. The van der Waals surface area contributed by atoms with E-state index >= 15 is 0 Å². The van der Waals surface area contributed by atoms with Gasteiger partial charge in [-0.15, -0.1) is 0 Å². The molecular weight excluding hydrogens is 684 g/mol. The van der Waals surface area contributed by atoms with Gasteiger partial charge in [0.05, 0.1) is 29.9 Å². The van der Waals surface area contributed by atoms with Gasteiger partial charge in [0.25, 0.3) is 0 Å². The molecule has 0 spiro atoms. The zero-order valence-electron chi connectivity index (χ0n) is 23.2. The number of carboxylic acid groups (broad SMARTS) is 2. The number of nitrogens with zero attached hydrogens (tertiary/aromatic N) is 1. The molecule has 43 heavy (non-hydrogen) atoms. The van der Waals surface area contributed by atoms with Crippen LogP contribution in [-0.2, 0) is 32.3 Å². The van der Waals surface area contributed by atoms with Crippen molar-refractivity contribution in [3.63, 3.8) is 0 Å². The lowest BCUT2D eigenvalue weighted by atomic mass is 10.1. The molecule has 11 heteroatoms. The Labute approximate surface area is 265 Å². The van der Waals surface area contributed by atoms with Gasteiger partial charge in [-0.2, -0.15) is 0 Å². The molecule has 0 amide bonds. The molecule has 0 radical (unpaired) electrons. The van der Waals surface area contributed by atoms with E-state index in [4.69, 9.17) is 13.9 Å². The maximum atomic E-state index is 11.4. The summed E-state index contributed by atoms with van der Waals surface area (Å²) >= 11 is 7.05. The number of benzene rings is 3. The van der Waals surface area contributed by atoms with E-state index in [0.717, 1.165) is 43.2 Å². The third-order valence-corrected chi connectivity index (χ3v) is 7.63. The average molecular weight is 714 g/mol. The van der Waals surface area contributed by atoms with Gasteiger partial charge in [0.2, 0.25) is 0 Å². The van der Waals surface area contributed by atoms with Crippen molar-refractivity contribution in [1.29, 1.82) is 0 Å². The van der Waals surface area contributed by atoms with E-state index < -0.39 is 24.1 Å². The van der Waals surface area contributed by atoms with E-state index in [0.29, 0.717) is 0 Å². The van der Waals surface area contributed by atoms with Crippen LogP contribution in [0.25, 0.3) is 11.0 Å². The SMILES string of the molecule is CCC(c1cc2cc(Br)cc(Br)c2o1)[NH+]1C=CN=C1.O=C([O-])[C@@H](OCc1ccccc1)[C@H](OCc1ccccc1)C(=O)O. The molecule has 1 aliphatic heterocycles. The maximum absolute atomic E-state index is 11.4. The number of nitrogens with one attached hydrogen (secondary N) is 1. The summed E-state index contributed by atoms with van der Waals surface area (Å²) in [7, 11) is 0. The summed E-state index contributed by atoms with van der Waals surface area (Å²) in [6.07, 6.45) is 3.39. The van der Waals surface area contributed by atoms with Gasteiger partial charge in [-0.3, -0.25) is 4.90 Å². The monoisotopic (exact) mass is 712 g/mol. The molecule has 0 bridgehead atoms. The largest absolute Gasteiger partial charge is 0.547 e. The number of fused-ring (bicyclic) bond motifs is 1. The van der Waals surface area contributed by atoms with Crippen LogP contribution in [0.3, 0.4) is 0 Å². The molecule has 9 nitrogen and oxygen atoms in total. The fraction of sp³-hybridized carbons (Fsp3) is 0.219. The molecule has 0 saturated carbocycles. The molecule has 2 unspecified atom stereocenters. The number of carbonyl (C=O) groups excluding carboxylic acids is 1. The number of aliphatic imine (C=N–C) groups is 1. The number of quaternary nitrogens is 1. The Hall–Kier alpha value is -3.61. The second-order valence-electron chi connectivity index (χ2n) is 9.60. The molecule has 4 atom stereocenters. The van der Waals surface area contributed by atoms with E-state index in [2.05, 4.69) is 55.9 Å². The first-order valence-corrected chi connectivity index (χ1v) is 15.0. The third-order valence-electron chi connectivity index (χ3n) is 6.58. The van der Waals surface area contributed by atoms with Gasteiger partial charge in [-0.1, -0.05) is 83.5 Å². The molecule has 3 aromatic carbocycles. The van der Waals surface area contributed by atoms with Crippen molar-refractivity contribution in [2.75, 3.05) is 0 Å². The minimum atomic E-state index is -1.72. The van der Waals surface area contributed by atoms with Crippen LogP contribution in [-0.4, -0.2) is 35.6 Å². The fourth-order valence-corrected chi connectivity index (χ4v) is 5.80. The summed E-state index contributed by atoms with van der Waals surface area (Å²) in [5, 5.41) is 21.7. The van der Waals surface area contributed by atoms with Crippen molar-refractivity contribution in [3.05, 3.63) is 117 Å². The number of aliphatic carboxylic acids is 2. The number of carboxylic acids is 2. The van der Waals surface area contributed by atoms with Crippen molar-refractivity contribution in [2.24, 2.45) is 4.99 Å². The minimum Gasteiger partial charge on any atom is -0.547 e. The number of halogens is 2. The first-order chi connectivity index (χ1) is 20.8. The number of furan rings is 1. The molecule has 224 valence electrons. The number of ether oxygens (including phenoxy) is 2. The van der Waals surface area contributed by atoms with Crippen molar-refractivity contribution < 1.29 is 38.6 Å². The number of carbonyl (C=O) groups is 2. The Morgan fingerprint density at radius 3 is 2.07 bits per heavy atom. The molecule has 4 aromatic rings. The second kappa shape index (κ2) is 15.7. The third kappa shape index (κ3) is 8.94. The number of rotatable bonds is 12. The molecule has 2 N–H and O–H groups in total. The Bertz CT molecular complexity index is 1500. The summed E-state index contributed by atoms with van der Waals surface area (Å²) in [6.45, 7) is 2.06. The Balaban J connectivity index is 0.000000202. The Morgan fingerprint density at radius 2 is 1.56 bits per heavy atom. The first kappa shape index (κ1) is 32.3. The van der Waals surface area contributed by atoms with Crippen molar-refractivity contribution in [1.82, 2.24) is 0 Å². The molecule has 2 heterocycles. The van der Waals surface area contributed by atoms with Crippen molar-refractivity contribution in [3.8, 4) is 0 Å². The van der Waals surface area contributed by atoms with Crippen LogP contribution in [0.5, 0.6) is 0 Å². The predicted octanol–water partition coefficient (Wildman–Crippen LogP) is 4.80. The first-order valence-electron chi connectivity index (χ1n) is 13.5. The van der Waals surface area contributed by atoms with Crippen LogP contribution < -0.4 is 10.0 Å². The minimum absolute atomic E-state index is 0.0454. The molecule has 1 aromatic heterocycles. The normalized spacial score (nSPS) is 15.9. The van der Waals surface area contributed by atoms with Gasteiger partial charge in [-0.05, 0) is 45.3 Å². The van der Waals surface area contributed by atoms with Crippen LogP contribution >= 0.6 is 31.9 Å². The van der Waals surface area contributed by atoms with Crippen LogP contribution in [0.15, 0.2) is 110 Å². The van der Waals surface area contributed by atoms with Gasteiger partial charge < -0.3 is 28.9 Å². The van der Waals surface area contributed by atoms with E-state index in [1.54, 1.807) is 48.5 Å². The van der Waals surface area contributed by atoms with E-state index in [1.165, 1.54) is 4.90 Å². The van der Waals surface area contributed by atoms with E-state index in [1.807, 2.05) is 36.9 Å². The molecule has 5 rings (SSSR count). The highest BCUT2D eigenvalue weighted by Crippen LogP contribution is 2.33. The van der Waals surface area contributed by atoms with Gasteiger partial charge >= 0.3 is 5.97 Å². The highest BCUT2D eigenvalue weighted by Gasteiger charge is 2.31. The smallest absolute Gasteiger partial charge is 0.335 e. The maximum Gasteiger partial charge on any atom is 0.335 e. The van der Waals surface area contributed by atoms with Crippen LogP contribution in [0.2, 0.25) is 0 Å². The second-order valence-corrected chi connectivity index (χ2v) is 11.4. The number of hydrogen-bond donors (Lipinski definition) is 2. The zero-order chi connectivity index (χ0) is 30.8. The average Bonchev–Trinajstić information content (AvgIpc) is 3.67. The highest BCUT2D eigenvalue weighted by atomic mass is 79.9. The van der Waals surface area contributed by atoms with Crippen LogP contribution in [0, 0.1) is 0 Å². The summed E-state index contributed by atoms with van der Waals surface area (Å²) in [5.74, 6) is -2.07. The van der Waals surface area contributed by atoms with Gasteiger partial charge in [-0.25, -0.2) is 9.79 Å². The summed E-state index contributed by atoms with van der Waals surface area (Å²) in [5.41, 5.74) is 2.34. The van der Waals surface area contributed by atoms with Crippen LogP contribution in [0.4, 0.5) is 0 Å². The summed E-state index contributed by atoms with van der Waals surface area (Å²) in [6, 6.07) is 24.1. The Kier molecular flexibility index (Phi) is 11.8. The summed E-state index contributed by atoms with van der Waals surface area (Å²) < 4.78 is 18.5. The quantitative estimate of drug-likeness (QED) is 0.216. The molecule has 0 fully saturated rings. The molecular formula is C32H30Br2N2O7. The van der Waals surface area contributed by atoms with E-state index in [9.17, 15) is 19.8 Å². The molecule has 0 aliphatic carbocycles. The standard InChI is InChI=1S/C18H18O6.C14H12Br2N2O/c19-17(20)15(23-11-13-7-3-1-4-8-13)16(18(21)22)24-12-14-9-5-2-6-10-14;1-2-12(18-4-3-17-8-18)13-6-9-5-10(15)7-11(16)14(9)19-13/h1-10,15-16H,11-12H2,(H,19,20)(H,21,22);3-8,12H,2H2,1H3/t15-,16-;/m0./s1. The van der Waals surface area contributed by atoms with E-state index in [-0.39, 0.29) is 19.3 Å². The summed E-state index contributed by atoms with van der Waals surface area (Å²) in [4.78, 5) is 28.0. The number of hydrogen-bond acceptors (Lipinski definition) is 7. The van der Waals surface area contributed by atoms with Crippen molar-refractivity contribution in [2.45, 2.75) is 44.8 Å². The van der Waals surface area contributed by atoms with Gasteiger partial charge in [0, 0.05) is 16.3 Å². The lowest BCUT2D eigenvalue weighted by Crippen LogP contribution is -3.05. The highest BCUT2D eigenvalue weighted by molar-refractivity contribution is 9.11. The molecule has 0 saturated heterocycles. The molecule has 1 aliphatic rings. The lowest BCUT2D eigenvalue weighted by Gasteiger charge is -2.25. The van der Waals surface area contributed by atoms with Crippen LogP contribution in [0.1, 0.15) is 36.3 Å². The zero-order valence-corrected chi connectivity index (χ0v) is 26.4.